The molecule has 18 heavy (non-hydrogen) atoms. The molecule has 0 aliphatic carbocycles. The Morgan fingerprint density at radius 2 is 1.89 bits per heavy atom. The molecular formula is C16H34N2. The van der Waals surface area contributed by atoms with Gasteiger partial charge in [-0.05, 0) is 25.7 Å². The van der Waals surface area contributed by atoms with Gasteiger partial charge in [-0.3, -0.25) is 4.90 Å². The average molecular weight is 254 g/mol. The van der Waals surface area contributed by atoms with Crippen molar-refractivity contribution in [3.8, 4) is 0 Å². The van der Waals surface area contributed by atoms with Crippen LogP contribution in [0.4, 0.5) is 0 Å². The molecule has 0 bridgehead atoms. The summed E-state index contributed by atoms with van der Waals surface area (Å²) in [5.41, 5.74) is 0. The standard InChI is InChI=1S/C16H34N2/c1-6-8-9-10-14(5)18-12-16(13(3)4)17-11-15(18)7-2/h13-17H,6-12H2,1-5H3. The first-order chi connectivity index (χ1) is 8.60. The Kier molecular flexibility index (Phi) is 7.25. The summed E-state index contributed by atoms with van der Waals surface area (Å²) in [5.74, 6) is 0.744. The lowest BCUT2D eigenvalue weighted by molar-refractivity contribution is 0.0691. The molecule has 1 saturated heterocycles. The summed E-state index contributed by atoms with van der Waals surface area (Å²) >= 11 is 0. The van der Waals surface area contributed by atoms with Crippen LogP contribution >= 0.6 is 0 Å². The van der Waals surface area contributed by atoms with Gasteiger partial charge in [0.25, 0.3) is 0 Å². The Labute approximate surface area is 115 Å². The molecule has 1 heterocycles. The van der Waals surface area contributed by atoms with E-state index in [2.05, 4.69) is 44.8 Å². The zero-order valence-corrected chi connectivity index (χ0v) is 13.2. The van der Waals surface area contributed by atoms with Crippen LogP contribution in [0.5, 0.6) is 0 Å². The van der Waals surface area contributed by atoms with Gasteiger partial charge in [-0.2, -0.15) is 0 Å². The highest BCUT2D eigenvalue weighted by Gasteiger charge is 2.30. The van der Waals surface area contributed by atoms with E-state index in [1.807, 2.05) is 0 Å². The van der Waals surface area contributed by atoms with Crippen LogP contribution in [-0.2, 0) is 0 Å². The van der Waals surface area contributed by atoms with Gasteiger partial charge in [0, 0.05) is 31.2 Å². The second kappa shape index (κ2) is 8.16. The number of hydrogen-bond acceptors (Lipinski definition) is 2. The van der Waals surface area contributed by atoms with Gasteiger partial charge in [-0.1, -0.05) is 47.0 Å². The van der Waals surface area contributed by atoms with E-state index in [4.69, 9.17) is 0 Å². The van der Waals surface area contributed by atoms with Crippen molar-refractivity contribution in [3.05, 3.63) is 0 Å². The summed E-state index contributed by atoms with van der Waals surface area (Å²) < 4.78 is 0. The molecule has 0 saturated carbocycles. The number of unbranched alkanes of at least 4 members (excludes halogenated alkanes) is 2. The third kappa shape index (κ3) is 4.55. The summed E-state index contributed by atoms with van der Waals surface area (Å²) in [6.07, 6.45) is 6.76. The van der Waals surface area contributed by atoms with Gasteiger partial charge < -0.3 is 5.32 Å². The summed E-state index contributed by atoms with van der Waals surface area (Å²) in [6.45, 7) is 14.1. The fraction of sp³-hybridized carbons (Fsp3) is 1.00. The Balaban J connectivity index is 2.50. The zero-order valence-electron chi connectivity index (χ0n) is 13.2. The molecule has 3 unspecified atom stereocenters. The largest absolute Gasteiger partial charge is 0.311 e. The van der Waals surface area contributed by atoms with Crippen molar-refractivity contribution in [1.82, 2.24) is 10.2 Å². The Morgan fingerprint density at radius 3 is 2.44 bits per heavy atom. The van der Waals surface area contributed by atoms with Crippen molar-refractivity contribution in [2.45, 2.75) is 84.8 Å². The van der Waals surface area contributed by atoms with Crippen molar-refractivity contribution in [1.29, 1.82) is 0 Å². The average Bonchev–Trinajstić information content (AvgIpc) is 2.38. The van der Waals surface area contributed by atoms with E-state index in [-0.39, 0.29) is 0 Å². The molecule has 1 rings (SSSR count). The molecule has 108 valence electrons. The Morgan fingerprint density at radius 1 is 1.17 bits per heavy atom. The maximum Gasteiger partial charge on any atom is 0.0221 e. The molecule has 0 amide bonds. The molecule has 0 aromatic carbocycles. The minimum atomic E-state index is 0.682. The smallest absolute Gasteiger partial charge is 0.0221 e. The first-order valence-corrected chi connectivity index (χ1v) is 8.09. The number of piperazine rings is 1. The van der Waals surface area contributed by atoms with Crippen molar-refractivity contribution in [3.63, 3.8) is 0 Å². The minimum Gasteiger partial charge on any atom is -0.311 e. The van der Waals surface area contributed by atoms with E-state index in [0.717, 1.165) is 18.0 Å². The zero-order chi connectivity index (χ0) is 13.5. The monoisotopic (exact) mass is 254 g/mol. The number of rotatable bonds is 7. The van der Waals surface area contributed by atoms with Crippen molar-refractivity contribution < 1.29 is 0 Å². The predicted octanol–water partition coefficient (Wildman–Crippen LogP) is 3.66. The molecule has 0 aromatic heterocycles. The summed E-state index contributed by atoms with van der Waals surface area (Å²) in [7, 11) is 0. The van der Waals surface area contributed by atoms with Crippen LogP contribution in [0.3, 0.4) is 0 Å². The number of nitrogens with one attached hydrogen (secondary N) is 1. The first kappa shape index (κ1) is 16.0. The van der Waals surface area contributed by atoms with Gasteiger partial charge in [0.1, 0.15) is 0 Å². The molecule has 3 atom stereocenters. The van der Waals surface area contributed by atoms with Crippen LogP contribution in [0.2, 0.25) is 0 Å². The highest BCUT2D eigenvalue weighted by molar-refractivity contribution is 4.89. The minimum absolute atomic E-state index is 0.682. The molecule has 1 fully saturated rings. The summed E-state index contributed by atoms with van der Waals surface area (Å²) in [5, 5.41) is 3.73. The van der Waals surface area contributed by atoms with Gasteiger partial charge in [0.05, 0.1) is 0 Å². The lowest BCUT2D eigenvalue weighted by atomic mass is 9.95. The molecule has 1 aliphatic rings. The molecule has 2 heteroatoms. The Bertz CT molecular complexity index is 215. The lowest BCUT2D eigenvalue weighted by Crippen LogP contribution is -2.60. The van der Waals surface area contributed by atoms with Crippen LogP contribution in [0.15, 0.2) is 0 Å². The molecule has 2 nitrogen and oxygen atoms in total. The Hall–Kier alpha value is -0.0800. The molecule has 0 aromatic rings. The topological polar surface area (TPSA) is 15.3 Å². The SMILES string of the molecule is CCCCCC(C)N1CC(C(C)C)NCC1CC. The maximum atomic E-state index is 3.73. The van der Waals surface area contributed by atoms with E-state index in [0.29, 0.717) is 6.04 Å². The third-order valence-electron chi connectivity index (χ3n) is 4.56. The summed E-state index contributed by atoms with van der Waals surface area (Å²) in [6, 6.07) is 2.18. The molecule has 0 radical (unpaired) electrons. The van der Waals surface area contributed by atoms with E-state index in [1.165, 1.54) is 45.2 Å². The quantitative estimate of drug-likeness (QED) is 0.698. The molecule has 1 aliphatic heterocycles. The van der Waals surface area contributed by atoms with Gasteiger partial charge in [0.15, 0.2) is 0 Å². The molecule has 0 spiro atoms. The fourth-order valence-corrected chi connectivity index (χ4v) is 3.07. The van der Waals surface area contributed by atoms with Crippen molar-refractivity contribution in [2.24, 2.45) is 5.92 Å². The normalized spacial score (nSPS) is 27.7. The molecule has 1 N–H and O–H groups in total. The predicted molar refractivity (Wildman–Crippen MR) is 81.0 cm³/mol. The summed E-state index contributed by atoms with van der Waals surface area (Å²) in [4.78, 5) is 2.77. The van der Waals surface area contributed by atoms with Gasteiger partial charge in [0.2, 0.25) is 0 Å². The van der Waals surface area contributed by atoms with Crippen LogP contribution in [-0.4, -0.2) is 36.1 Å². The van der Waals surface area contributed by atoms with Crippen LogP contribution in [0.1, 0.15) is 66.7 Å². The number of hydrogen-bond donors (Lipinski definition) is 1. The van der Waals surface area contributed by atoms with E-state index < -0.39 is 0 Å². The number of nitrogens with zero attached hydrogens (tertiary/aromatic N) is 1. The fourth-order valence-electron chi connectivity index (χ4n) is 3.07. The van der Waals surface area contributed by atoms with E-state index in [9.17, 15) is 0 Å². The van der Waals surface area contributed by atoms with Crippen LogP contribution in [0, 0.1) is 5.92 Å². The molecular weight excluding hydrogens is 220 g/mol. The third-order valence-corrected chi connectivity index (χ3v) is 4.56. The second-order valence-corrected chi connectivity index (χ2v) is 6.36. The van der Waals surface area contributed by atoms with Gasteiger partial charge in [-0.15, -0.1) is 0 Å². The highest BCUT2D eigenvalue weighted by atomic mass is 15.3. The second-order valence-electron chi connectivity index (χ2n) is 6.36. The van der Waals surface area contributed by atoms with Gasteiger partial charge in [-0.25, -0.2) is 0 Å². The van der Waals surface area contributed by atoms with Crippen LogP contribution in [0.25, 0.3) is 0 Å². The van der Waals surface area contributed by atoms with Gasteiger partial charge >= 0.3 is 0 Å². The van der Waals surface area contributed by atoms with Crippen molar-refractivity contribution >= 4 is 0 Å². The van der Waals surface area contributed by atoms with Crippen molar-refractivity contribution in [2.75, 3.05) is 13.1 Å². The highest BCUT2D eigenvalue weighted by Crippen LogP contribution is 2.20. The van der Waals surface area contributed by atoms with E-state index in [1.54, 1.807) is 0 Å². The van der Waals surface area contributed by atoms with E-state index >= 15 is 0 Å². The maximum absolute atomic E-state index is 3.73. The lowest BCUT2D eigenvalue weighted by Gasteiger charge is -2.45. The first-order valence-electron chi connectivity index (χ1n) is 8.09. The van der Waals surface area contributed by atoms with Crippen LogP contribution < -0.4 is 5.32 Å².